The molecule has 0 amide bonds. The predicted octanol–water partition coefficient (Wildman–Crippen LogP) is 2.07. The Kier molecular flexibility index (Phi) is 11.6. The number of halogens is 1. The number of hydrogen-bond acceptors (Lipinski definition) is 4. The summed E-state index contributed by atoms with van der Waals surface area (Å²) >= 11 is 0. The van der Waals surface area contributed by atoms with Crippen molar-refractivity contribution in [2.24, 2.45) is 4.99 Å². The number of nitrogens with one attached hydrogen (secondary N) is 2. The smallest absolute Gasteiger partial charge is 0.305 e. The summed E-state index contributed by atoms with van der Waals surface area (Å²) in [4.78, 5) is 15.6. The molecule has 22 heavy (non-hydrogen) atoms. The molecule has 0 aromatic carbocycles. The minimum absolute atomic E-state index is 0. The third-order valence-electron chi connectivity index (χ3n) is 3.54. The van der Waals surface area contributed by atoms with Crippen LogP contribution in [-0.2, 0) is 14.3 Å². The lowest BCUT2D eigenvalue weighted by molar-refractivity contribution is -0.140. The van der Waals surface area contributed by atoms with Crippen LogP contribution in [0.3, 0.4) is 0 Å². The summed E-state index contributed by atoms with van der Waals surface area (Å²) in [5, 5.41) is 6.51. The topological polar surface area (TPSA) is 72.0 Å². The molecule has 0 radical (unpaired) electrons. The SMILES string of the molecule is CCNC(=NCC1(C)CCCO1)NCCCCC(=O)OC.I. The number of carbonyl (C=O) groups is 1. The summed E-state index contributed by atoms with van der Waals surface area (Å²) in [6.07, 6.45) is 4.38. The number of rotatable bonds is 8. The van der Waals surface area contributed by atoms with Crippen LogP contribution in [0.2, 0.25) is 0 Å². The van der Waals surface area contributed by atoms with E-state index in [4.69, 9.17) is 4.74 Å². The van der Waals surface area contributed by atoms with Crippen LogP contribution >= 0.6 is 24.0 Å². The maximum Gasteiger partial charge on any atom is 0.305 e. The van der Waals surface area contributed by atoms with Crippen LogP contribution in [0.25, 0.3) is 0 Å². The number of carbonyl (C=O) groups excluding carboxylic acids is 1. The average Bonchev–Trinajstić information content (AvgIpc) is 2.91. The van der Waals surface area contributed by atoms with Gasteiger partial charge in [-0.25, -0.2) is 0 Å². The lowest BCUT2D eigenvalue weighted by Crippen LogP contribution is -2.39. The predicted molar refractivity (Wildman–Crippen MR) is 98.9 cm³/mol. The second-order valence-electron chi connectivity index (χ2n) is 5.56. The van der Waals surface area contributed by atoms with E-state index < -0.39 is 0 Å². The van der Waals surface area contributed by atoms with Crippen LogP contribution in [0.5, 0.6) is 0 Å². The molecular weight excluding hydrogens is 397 g/mol. The number of guanidine groups is 1. The maximum absolute atomic E-state index is 11.0. The van der Waals surface area contributed by atoms with Crippen LogP contribution < -0.4 is 10.6 Å². The van der Waals surface area contributed by atoms with Gasteiger partial charge in [0.1, 0.15) is 0 Å². The number of hydrogen-bond donors (Lipinski definition) is 2. The summed E-state index contributed by atoms with van der Waals surface area (Å²) in [5.41, 5.74) is -0.118. The van der Waals surface area contributed by atoms with Gasteiger partial charge in [-0.15, -0.1) is 24.0 Å². The van der Waals surface area contributed by atoms with Gasteiger partial charge in [-0.3, -0.25) is 9.79 Å². The Labute approximate surface area is 150 Å². The number of esters is 1. The quantitative estimate of drug-likeness (QED) is 0.204. The van der Waals surface area contributed by atoms with Gasteiger partial charge < -0.3 is 20.1 Å². The van der Waals surface area contributed by atoms with Crippen molar-refractivity contribution in [3.63, 3.8) is 0 Å². The van der Waals surface area contributed by atoms with Crippen LogP contribution in [0.4, 0.5) is 0 Å². The zero-order valence-corrected chi connectivity index (χ0v) is 16.3. The van der Waals surface area contributed by atoms with E-state index in [2.05, 4.69) is 27.3 Å². The zero-order valence-electron chi connectivity index (χ0n) is 13.9. The van der Waals surface area contributed by atoms with Crippen molar-refractivity contribution in [1.29, 1.82) is 0 Å². The van der Waals surface area contributed by atoms with Gasteiger partial charge in [0, 0.05) is 26.1 Å². The van der Waals surface area contributed by atoms with E-state index >= 15 is 0 Å². The Morgan fingerprint density at radius 2 is 2.14 bits per heavy atom. The van der Waals surface area contributed by atoms with Crippen molar-refractivity contribution in [1.82, 2.24) is 10.6 Å². The highest BCUT2D eigenvalue weighted by Crippen LogP contribution is 2.24. The minimum atomic E-state index is -0.151. The Morgan fingerprint density at radius 3 is 2.73 bits per heavy atom. The number of methoxy groups -OCH3 is 1. The van der Waals surface area contributed by atoms with Crippen molar-refractivity contribution in [2.75, 3.05) is 33.4 Å². The molecule has 0 bridgehead atoms. The van der Waals surface area contributed by atoms with Crippen molar-refractivity contribution in [3.05, 3.63) is 0 Å². The number of nitrogens with zero attached hydrogens (tertiary/aromatic N) is 1. The highest BCUT2D eigenvalue weighted by Gasteiger charge is 2.29. The molecule has 1 aliphatic heterocycles. The van der Waals surface area contributed by atoms with Gasteiger partial charge >= 0.3 is 5.97 Å². The summed E-state index contributed by atoms with van der Waals surface area (Å²) < 4.78 is 10.4. The van der Waals surface area contributed by atoms with E-state index in [0.717, 1.165) is 51.3 Å². The first-order chi connectivity index (χ1) is 10.1. The first-order valence-corrected chi connectivity index (χ1v) is 7.82. The van der Waals surface area contributed by atoms with Gasteiger partial charge in [0.05, 0.1) is 19.3 Å². The Bertz CT molecular complexity index is 345. The standard InChI is InChI=1S/C15H29N3O3.HI/c1-4-16-14(17-10-6-5-8-13(19)20-3)18-12-15(2)9-7-11-21-15;/h4-12H2,1-3H3,(H2,16,17,18);1H. The molecule has 1 saturated heterocycles. The highest BCUT2D eigenvalue weighted by atomic mass is 127. The van der Waals surface area contributed by atoms with E-state index in [1.54, 1.807) is 0 Å². The first-order valence-electron chi connectivity index (χ1n) is 7.82. The summed E-state index contributed by atoms with van der Waals surface area (Å²) in [5.74, 6) is 0.661. The Hall–Kier alpha value is -0.570. The molecular formula is C15H30IN3O3. The van der Waals surface area contributed by atoms with Gasteiger partial charge in [0.2, 0.25) is 0 Å². The van der Waals surface area contributed by atoms with Gasteiger partial charge in [-0.05, 0) is 39.5 Å². The van der Waals surface area contributed by atoms with Crippen molar-refractivity contribution >= 4 is 35.9 Å². The molecule has 1 rings (SSSR count). The first kappa shape index (κ1) is 21.4. The lowest BCUT2D eigenvalue weighted by Gasteiger charge is -2.21. The van der Waals surface area contributed by atoms with Gasteiger partial charge in [0.15, 0.2) is 5.96 Å². The molecule has 130 valence electrons. The fourth-order valence-corrected chi connectivity index (χ4v) is 2.25. The fraction of sp³-hybridized carbons (Fsp3) is 0.867. The van der Waals surface area contributed by atoms with E-state index in [1.807, 2.05) is 6.92 Å². The molecule has 0 aromatic heterocycles. The third-order valence-corrected chi connectivity index (χ3v) is 3.54. The van der Waals surface area contributed by atoms with Gasteiger partial charge in [-0.2, -0.15) is 0 Å². The molecule has 1 atom stereocenters. The molecule has 1 fully saturated rings. The van der Waals surface area contributed by atoms with Gasteiger partial charge in [0.25, 0.3) is 0 Å². The largest absolute Gasteiger partial charge is 0.469 e. The molecule has 0 saturated carbocycles. The van der Waals surface area contributed by atoms with E-state index in [9.17, 15) is 4.79 Å². The van der Waals surface area contributed by atoms with Crippen molar-refractivity contribution in [2.45, 2.75) is 51.6 Å². The monoisotopic (exact) mass is 427 g/mol. The molecule has 1 heterocycles. The Morgan fingerprint density at radius 1 is 1.36 bits per heavy atom. The molecule has 0 aliphatic carbocycles. The normalized spacial score (nSPS) is 21.1. The van der Waals surface area contributed by atoms with Crippen LogP contribution in [-0.4, -0.2) is 50.9 Å². The molecule has 0 spiro atoms. The number of ether oxygens (including phenoxy) is 2. The van der Waals surface area contributed by atoms with E-state index in [0.29, 0.717) is 13.0 Å². The molecule has 7 heteroatoms. The summed E-state index contributed by atoms with van der Waals surface area (Å²) in [6.45, 7) is 7.28. The van der Waals surface area contributed by atoms with Crippen molar-refractivity contribution < 1.29 is 14.3 Å². The zero-order chi connectivity index (χ0) is 15.6. The maximum atomic E-state index is 11.0. The Balaban J connectivity index is 0.00000441. The van der Waals surface area contributed by atoms with Crippen LogP contribution in [0.1, 0.15) is 46.0 Å². The average molecular weight is 427 g/mol. The summed E-state index contributed by atoms with van der Waals surface area (Å²) in [7, 11) is 1.42. The summed E-state index contributed by atoms with van der Waals surface area (Å²) in [6, 6.07) is 0. The molecule has 6 nitrogen and oxygen atoms in total. The minimum Gasteiger partial charge on any atom is -0.469 e. The molecule has 2 N–H and O–H groups in total. The van der Waals surface area contributed by atoms with Crippen LogP contribution in [0, 0.1) is 0 Å². The molecule has 1 unspecified atom stereocenters. The van der Waals surface area contributed by atoms with E-state index in [-0.39, 0.29) is 35.5 Å². The molecule has 0 aromatic rings. The highest BCUT2D eigenvalue weighted by molar-refractivity contribution is 14.0. The van der Waals surface area contributed by atoms with E-state index in [1.165, 1.54) is 7.11 Å². The van der Waals surface area contributed by atoms with Gasteiger partial charge in [-0.1, -0.05) is 0 Å². The van der Waals surface area contributed by atoms with Crippen molar-refractivity contribution in [3.8, 4) is 0 Å². The number of aliphatic imine (C=N–C) groups is 1. The third kappa shape index (κ3) is 8.77. The second kappa shape index (κ2) is 11.9. The second-order valence-corrected chi connectivity index (χ2v) is 5.56. The molecule has 1 aliphatic rings. The number of unbranched alkanes of at least 4 members (excludes halogenated alkanes) is 1. The lowest BCUT2D eigenvalue weighted by atomic mass is 10.0. The van der Waals surface area contributed by atoms with Crippen LogP contribution in [0.15, 0.2) is 4.99 Å². The fourth-order valence-electron chi connectivity index (χ4n) is 2.25.